The second-order valence-electron chi connectivity index (χ2n) is 6.70. The molecule has 172 valence electrons. The monoisotopic (exact) mass is 550 g/mol. The Morgan fingerprint density at radius 3 is 2.52 bits per heavy atom. The number of benzene rings is 3. The Morgan fingerprint density at radius 1 is 1.12 bits per heavy atom. The van der Waals surface area contributed by atoms with E-state index in [0.29, 0.717) is 33.2 Å². The van der Waals surface area contributed by atoms with Gasteiger partial charge in [-0.2, -0.15) is 5.10 Å². The van der Waals surface area contributed by atoms with Gasteiger partial charge in [-0.25, -0.2) is 9.82 Å². The number of halogens is 3. The molecule has 33 heavy (non-hydrogen) atoms. The lowest BCUT2D eigenvalue weighted by Crippen LogP contribution is -2.19. The molecule has 0 unspecified atom stereocenters. The Morgan fingerprint density at radius 2 is 1.82 bits per heavy atom. The molecule has 3 aromatic carbocycles. The van der Waals surface area contributed by atoms with Gasteiger partial charge >= 0.3 is 0 Å². The van der Waals surface area contributed by atoms with Crippen LogP contribution in [-0.4, -0.2) is 24.5 Å². The van der Waals surface area contributed by atoms with Crippen molar-refractivity contribution in [2.24, 2.45) is 5.10 Å². The van der Waals surface area contributed by atoms with E-state index in [4.69, 9.17) is 21.1 Å². The minimum absolute atomic E-state index is 0.223. The number of rotatable bonds is 10. The molecule has 0 spiro atoms. The first-order valence-corrected chi connectivity index (χ1v) is 12.1. The molecule has 0 aliphatic heterocycles. The van der Waals surface area contributed by atoms with Gasteiger partial charge in [0.05, 0.1) is 18.6 Å². The van der Waals surface area contributed by atoms with E-state index < -0.39 is 0 Å². The summed E-state index contributed by atoms with van der Waals surface area (Å²) >= 11 is 10.8. The molecule has 1 N–H and O–H groups in total. The number of nitrogens with zero attached hydrogens (tertiary/aromatic N) is 1. The van der Waals surface area contributed by atoms with Crippen LogP contribution in [0.2, 0.25) is 5.02 Å². The fourth-order valence-electron chi connectivity index (χ4n) is 2.66. The second-order valence-corrected chi connectivity index (χ2v) is 9.04. The number of carbonyl (C=O) groups excluding carboxylic acids is 1. The normalized spacial score (nSPS) is 10.9. The highest BCUT2D eigenvalue weighted by atomic mass is 79.9. The van der Waals surface area contributed by atoms with E-state index in [0.717, 1.165) is 10.5 Å². The van der Waals surface area contributed by atoms with Crippen LogP contribution in [0.5, 0.6) is 11.5 Å². The number of hydrogen-bond acceptors (Lipinski definition) is 5. The molecule has 9 heteroatoms. The zero-order chi connectivity index (χ0) is 23.6. The van der Waals surface area contributed by atoms with Crippen molar-refractivity contribution >= 4 is 51.4 Å². The Balaban J connectivity index is 1.60. The summed E-state index contributed by atoms with van der Waals surface area (Å²) < 4.78 is 25.4. The van der Waals surface area contributed by atoms with Crippen molar-refractivity contribution in [3.8, 4) is 11.5 Å². The van der Waals surface area contributed by atoms with Crippen molar-refractivity contribution in [3.63, 3.8) is 0 Å². The summed E-state index contributed by atoms with van der Waals surface area (Å²) in [5.74, 6) is 0.769. The number of amides is 1. The molecular formula is C24H21BrClFN2O3S. The Kier molecular flexibility index (Phi) is 9.60. The van der Waals surface area contributed by atoms with Crippen LogP contribution in [0, 0.1) is 5.82 Å². The lowest BCUT2D eigenvalue weighted by Gasteiger charge is -2.14. The standard InChI is InChI=1S/C24H21BrClFN2O3S/c1-2-31-22-11-17(13-28-29-24(30)15-33-20-9-5-18(26)6-10-20)21(25)12-23(22)32-14-16-3-7-19(27)8-4-16/h3-13H,2,14-15H2,1H3,(H,29,30)/b28-13-. The minimum Gasteiger partial charge on any atom is -0.490 e. The molecular weight excluding hydrogens is 531 g/mol. The molecule has 0 atom stereocenters. The van der Waals surface area contributed by atoms with E-state index in [-0.39, 0.29) is 24.1 Å². The first kappa shape index (κ1) is 25.1. The van der Waals surface area contributed by atoms with Crippen molar-refractivity contribution in [2.75, 3.05) is 12.4 Å². The summed E-state index contributed by atoms with van der Waals surface area (Å²) in [5.41, 5.74) is 4.06. The first-order chi connectivity index (χ1) is 15.9. The Labute approximate surface area is 209 Å². The van der Waals surface area contributed by atoms with E-state index >= 15 is 0 Å². The fourth-order valence-corrected chi connectivity index (χ4v) is 3.90. The molecule has 0 bridgehead atoms. The molecule has 3 aromatic rings. The van der Waals surface area contributed by atoms with Crippen LogP contribution in [0.3, 0.4) is 0 Å². The van der Waals surface area contributed by atoms with Gasteiger partial charge in [-0.1, -0.05) is 23.7 Å². The van der Waals surface area contributed by atoms with Crippen molar-refractivity contribution in [2.45, 2.75) is 18.4 Å². The highest BCUT2D eigenvalue weighted by Crippen LogP contribution is 2.34. The molecule has 3 rings (SSSR count). The average Bonchev–Trinajstić information content (AvgIpc) is 2.80. The summed E-state index contributed by atoms with van der Waals surface area (Å²) in [7, 11) is 0. The van der Waals surface area contributed by atoms with Crippen molar-refractivity contribution < 1.29 is 18.7 Å². The summed E-state index contributed by atoms with van der Waals surface area (Å²) in [6, 6.07) is 16.9. The van der Waals surface area contributed by atoms with Crippen LogP contribution in [-0.2, 0) is 11.4 Å². The number of thioether (sulfide) groups is 1. The zero-order valence-electron chi connectivity index (χ0n) is 17.7. The quantitative estimate of drug-likeness (QED) is 0.178. The second kappa shape index (κ2) is 12.6. The molecule has 0 aliphatic carbocycles. The van der Waals surface area contributed by atoms with Crippen LogP contribution in [0.25, 0.3) is 0 Å². The molecule has 0 radical (unpaired) electrons. The van der Waals surface area contributed by atoms with Crippen molar-refractivity contribution in [1.82, 2.24) is 5.43 Å². The lowest BCUT2D eigenvalue weighted by molar-refractivity contribution is -0.118. The van der Waals surface area contributed by atoms with E-state index in [9.17, 15) is 9.18 Å². The van der Waals surface area contributed by atoms with Gasteiger partial charge in [0.15, 0.2) is 11.5 Å². The fraction of sp³-hybridized carbons (Fsp3) is 0.167. The Hall–Kier alpha value is -2.55. The van der Waals surface area contributed by atoms with Crippen molar-refractivity contribution in [1.29, 1.82) is 0 Å². The summed E-state index contributed by atoms with van der Waals surface area (Å²) in [4.78, 5) is 13.0. The van der Waals surface area contributed by atoms with Gasteiger partial charge in [0, 0.05) is 20.0 Å². The van der Waals surface area contributed by atoms with Gasteiger partial charge in [0.1, 0.15) is 12.4 Å². The molecule has 0 aromatic heterocycles. The third-order valence-corrected chi connectivity index (χ3v) is 6.20. The van der Waals surface area contributed by atoms with Gasteiger partial charge in [0.2, 0.25) is 5.91 Å². The third-order valence-electron chi connectivity index (χ3n) is 4.25. The highest BCUT2D eigenvalue weighted by Gasteiger charge is 2.11. The van der Waals surface area contributed by atoms with Crippen LogP contribution in [0.15, 0.2) is 75.1 Å². The smallest absolute Gasteiger partial charge is 0.250 e. The van der Waals surface area contributed by atoms with Crippen molar-refractivity contribution in [3.05, 3.63) is 87.1 Å². The van der Waals surface area contributed by atoms with E-state index in [1.165, 1.54) is 30.1 Å². The van der Waals surface area contributed by atoms with E-state index in [2.05, 4.69) is 26.5 Å². The summed E-state index contributed by atoms with van der Waals surface area (Å²) in [5, 5.41) is 4.69. The molecule has 0 saturated heterocycles. The molecule has 0 aliphatic rings. The third kappa shape index (κ3) is 8.07. The molecule has 0 heterocycles. The van der Waals surface area contributed by atoms with E-state index in [1.807, 2.05) is 19.1 Å². The van der Waals surface area contributed by atoms with Gasteiger partial charge < -0.3 is 9.47 Å². The van der Waals surface area contributed by atoms with Crippen LogP contribution < -0.4 is 14.9 Å². The van der Waals surface area contributed by atoms with Crippen LogP contribution in [0.1, 0.15) is 18.1 Å². The molecule has 1 amide bonds. The van der Waals surface area contributed by atoms with Gasteiger partial charge in [0.25, 0.3) is 0 Å². The predicted molar refractivity (Wildman–Crippen MR) is 134 cm³/mol. The van der Waals surface area contributed by atoms with Gasteiger partial charge in [-0.3, -0.25) is 4.79 Å². The number of nitrogens with one attached hydrogen (secondary N) is 1. The summed E-state index contributed by atoms with van der Waals surface area (Å²) in [6.45, 7) is 2.59. The largest absolute Gasteiger partial charge is 0.490 e. The number of carbonyl (C=O) groups is 1. The maximum atomic E-state index is 13.1. The van der Waals surface area contributed by atoms with E-state index in [1.54, 1.807) is 36.4 Å². The van der Waals surface area contributed by atoms with Crippen LogP contribution >= 0.6 is 39.3 Å². The number of hydrogen-bond donors (Lipinski definition) is 1. The maximum Gasteiger partial charge on any atom is 0.250 e. The number of hydrazone groups is 1. The summed E-state index contributed by atoms with van der Waals surface area (Å²) in [6.07, 6.45) is 1.53. The van der Waals surface area contributed by atoms with Gasteiger partial charge in [-0.05, 0) is 76.9 Å². The first-order valence-electron chi connectivity index (χ1n) is 9.98. The molecule has 0 fully saturated rings. The number of ether oxygens (including phenoxy) is 2. The van der Waals surface area contributed by atoms with Gasteiger partial charge in [-0.15, -0.1) is 11.8 Å². The molecule has 5 nitrogen and oxygen atoms in total. The average molecular weight is 552 g/mol. The minimum atomic E-state index is -0.296. The predicted octanol–water partition coefficient (Wildman–Crippen LogP) is 6.46. The molecule has 0 saturated carbocycles. The van der Waals surface area contributed by atoms with Crippen LogP contribution in [0.4, 0.5) is 4.39 Å². The SMILES string of the molecule is CCOc1cc(/C=N\NC(=O)CSc2ccc(Cl)cc2)c(Br)cc1OCc1ccc(F)cc1. The maximum absolute atomic E-state index is 13.1. The highest BCUT2D eigenvalue weighted by molar-refractivity contribution is 9.10. The lowest BCUT2D eigenvalue weighted by atomic mass is 10.2. The zero-order valence-corrected chi connectivity index (χ0v) is 20.8. The topological polar surface area (TPSA) is 59.9 Å². The Bertz CT molecular complexity index is 1110.